The molecule has 0 atom stereocenters. The zero-order valence-electron chi connectivity index (χ0n) is 11.5. The normalized spacial score (nSPS) is 15.2. The number of rotatable bonds is 3. The predicted octanol–water partition coefficient (Wildman–Crippen LogP) is 0.200. The summed E-state index contributed by atoms with van der Waals surface area (Å²) in [5.41, 5.74) is 6.84. The predicted molar refractivity (Wildman–Crippen MR) is 75.2 cm³/mol. The van der Waals surface area contributed by atoms with Crippen LogP contribution in [-0.2, 0) is 9.53 Å². The highest BCUT2D eigenvalue weighted by atomic mass is 16.5. The van der Waals surface area contributed by atoms with Crippen molar-refractivity contribution in [3.05, 3.63) is 29.8 Å². The van der Waals surface area contributed by atoms with E-state index in [9.17, 15) is 9.59 Å². The molecule has 6 nitrogen and oxygen atoms in total. The smallest absolute Gasteiger partial charge is 0.254 e. The van der Waals surface area contributed by atoms with Gasteiger partial charge in [-0.15, -0.1) is 0 Å². The molecule has 2 N–H and O–H groups in total. The summed E-state index contributed by atoms with van der Waals surface area (Å²) in [5.74, 6) is -0.0836. The lowest BCUT2D eigenvalue weighted by Gasteiger charge is -2.34. The first-order valence-corrected chi connectivity index (χ1v) is 6.53. The third-order valence-electron chi connectivity index (χ3n) is 3.32. The molecule has 0 radical (unpaired) electrons. The van der Waals surface area contributed by atoms with Crippen LogP contribution < -0.4 is 5.73 Å². The third-order valence-corrected chi connectivity index (χ3v) is 3.32. The van der Waals surface area contributed by atoms with Crippen LogP contribution in [0.15, 0.2) is 24.3 Å². The number of hydrogen-bond donors (Lipinski definition) is 1. The number of ether oxygens (including phenoxy) is 1. The van der Waals surface area contributed by atoms with Crippen molar-refractivity contribution >= 4 is 17.5 Å². The van der Waals surface area contributed by atoms with E-state index in [4.69, 9.17) is 10.5 Å². The first-order valence-electron chi connectivity index (χ1n) is 6.53. The van der Waals surface area contributed by atoms with Crippen LogP contribution in [0.5, 0.6) is 0 Å². The molecule has 0 aromatic heterocycles. The highest BCUT2D eigenvalue weighted by Crippen LogP contribution is 2.12. The van der Waals surface area contributed by atoms with Crippen molar-refractivity contribution in [2.45, 2.75) is 0 Å². The molecule has 1 saturated heterocycles. The lowest BCUT2D eigenvalue weighted by atomic mass is 10.1. The number of hydrogen-bond acceptors (Lipinski definition) is 4. The van der Waals surface area contributed by atoms with Crippen molar-refractivity contribution < 1.29 is 14.3 Å². The summed E-state index contributed by atoms with van der Waals surface area (Å²) in [7, 11) is 1.50. The molecule has 108 valence electrons. The average Bonchev–Trinajstić information content (AvgIpc) is 2.47. The number of benzene rings is 1. The van der Waals surface area contributed by atoms with E-state index in [-0.39, 0.29) is 18.4 Å². The van der Waals surface area contributed by atoms with E-state index in [0.717, 1.165) is 0 Å². The Morgan fingerprint density at radius 1 is 1.20 bits per heavy atom. The van der Waals surface area contributed by atoms with Crippen LogP contribution in [0.25, 0.3) is 0 Å². The van der Waals surface area contributed by atoms with Crippen LogP contribution in [0.1, 0.15) is 10.4 Å². The molecule has 0 unspecified atom stereocenters. The number of nitrogens with zero attached hydrogens (tertiary/aromatic N) is 2. The van der Waals surface area contributed by atoms with Crippen molar-refractivity contribution in [2.24, 2.45) is 0 Å². The Hall–Kier alpha value is -2.08. The Morgan fingerprint density at radius 3 is 2.45 bits per heavy atom. The van der Waals surface area contributed by atoms with Crippen LogP contribution in [0.4, 0.5) is 5.69 Å². The number of methoxy groups -OCH3 is 1. The van der Waals surface area contributed by atoms with Crippen molar-refractivity contribution in [3.8, 4) is 0 Å². The van der Waals surface area contributed by atoms with E-state index in [1.807, 2.05) is 0 Å². The SMILES string of the molecule is COCC(=O)N1CCN(C(=O)c2cccc(N)c2)CC1. The maximum absolute atomic E-state index is 12.3. The largest absolute Gasteiger partial charge is 0.399 e. The second kappa shape index (κ2) is 6.38. The minimum absolute atomic E-state index is 0.0384. The Morgan fingerprint density at radius 2 is 1.85 bits per heavy atom. The van der Waals surface area contributed by atoms with E-state index >= 15 is 0 Å². The zero-order chi connectivity index (χ0) is 14.5. The fourth-order valence-corrected chi connectivity index (χ4v) is 2.23. The standard InChI is InChI=1S/C14H19N3O3/c1-20-10-13(18)16-5-7-17(8-6-16)14(19)11-3-2-4-12(15)9-11/h2-4,9H,5-8,10,15H2,1H3. The topological polar surface area (TPSA) is 75.9 Å². The molecule has 6 heteroatoms. The number of anilines is 1. The van der Waals surface area contributed by atoms with Gasteiger partial charge in [0.25, 0.3) is 5.91 Å². The zero-order valence-corrected chi connectivity index (χ0v) is 11.5. The number of piperazine rings is 1. The van der Waals surface area contributed by atoms with Crippen molar-refractivity contribution in [1.29, 1.82) is 0 Å². The number of nitrogens with two attached hydrogens (primary N) is 1. The van der Waals surface area contributed by atoms with Gasteiger partial charge in [-0.05, 0) is 18.2 Å². The highest BCUT2D eigenvalue weighted by Gasteiger charge is 2.24. The van der Waals surface area contributed by atoms with Gasteiger partial charge in [-0.25, -0.2) is 0 Å². The lowest BCUT2D eigenvalue weighted by Crippen LogP contribution is -2.51. The van der Waals surface area contributed by atoms with E-state index < -0.39 is 0 Å². The van der Waals surface area contributed by atoms with Crippen LogP contribution in [0, 0.1) is 0 Å². The molecule has 0 saturated carbocycles. The molecule has 0 bridgehead atoms. The monoisotopic (exact) mass is 277 g/mol. The van der Waals surface area contributed by atoms with Gasteiger partial charge in [-0.1, -0.05) is 6.07 Å². The summed E-state index contributed by atoms with van der Waals surface area (Å²) >= 11 is 0. The Kier molecular flexibility index (Phi) is 4.57. The lowest BCUT2D eigenvalue weighted by molar-refractivity contribution is -0.136. The molecular weight excluding hydrogens is 258 g/mol. The van der Waals surface area contributed by atoms with E-state index in [0.29, 0.717) is 37.4 Å². The summed E-state index contributed by atoms with van der Waals surface area (Å²) in [4.78, 5) is 27.4. The summed E-state index contributed by atoms with van der Waals surface area (Å²) in [6.07, 6.45) is 0. The van der Waals surface area contributed by atoms with Gasteiger partial charge in [0.05, 0.1) is 0 Å². The molecule has 1 aliphatic heterocycles. The number of carbonyl (C=O) groups is 2. The average molecular weight is 277 g/mol. The van der Waals surface area contributed by atoms with Gasteiger partial charge in [0.2, 0.25) is 5.91 Å². The van der Waals surface area contributed by atoms with Crippen molar-refractivity contribution in [1.82, 2.24) is 9.80 Å². The summed E-state index contributed by atoms with van der Waals surface area (Å²) < 4.78 is 4.83. The minimum atomic E-state index is -0.0452. The van der Waals surface area contributed by atoms with E-state index in [1.165, 1.54) is 7.11 Å². The fraction of sp³-hybridized carbons (Fsp3) is 0.429. The molecule has 2 rings (SSSR count). The second-order valence-corrected chi connectivity index (χ2v) is 4.73. The summed E-state index contributed by atoms with van der Waals surface area (Å²) in [6, 6.07) is 6.94. The van der Waals surface area contributed by atoms with Crippen LogP contribution in [0.2, 0.25) is 0 Å². The molecule has 0 aliphatic carbocycles. The molecule has 0 spiro atoms. The molecule has 1 aromatic rings. The summed E-state index contributed by atoms with van der Waals surface area (Å²) in [6.45, 7) is 2.22. The van der Waals surface area contributed by atoms with E-state index in [1.54, 1.807) is 34.1 Å². The Labute approximate surface area is 118 Å². The maximum atomic E-state index is 12.3. The molecule has 1 aliphatic rings. The van der Waals surface area contributed by atoms with Gasteiger partial charge in [0.1, 0.15) is 6.61 Å². The maximum Gasteiger partial charge on any atom is 0.254 e. The quantitative estimate of drug-likeness (QED) is 0.801. The van der Waals surface area contributed by atoms with Crippen molar-refractivity contribution in [3.63, 3.8) is 0 Å². The first kappa shape index (κ1) is 14.3. The van der Waals surface area contributed by atoms with Crippen LogP contribution >= 0.6 is 0 Å². The van der Waals surface area contributed by atoms with Gasteiger partial charge < -0.3 is 20.3 Å². The number of nitrogen functional groups attached to an aromatic ring is 1. The molecule has 2 amide bonds. The third kappa shape index (κ3) is 3.27. The number of carbonyl (C=O) groups excluding carboxylic acids is 2. The van der Waals surface area contributed by atoms with Gasteiger partial charge in [0.15, 0.2) is 0 Å². The van der Waals surface area contributed by atoms with Gasteiger partial charge in [-0.2, -0.15) is 0 Å². The second-order valence-electron chi connectivity index (χ2n) is 4.73. The molecule has 1 heterocycles. The molecule has 20 heavy (non-hydrogen) atoms. The minimum Gasteiger partial charge on any atom is -0.399 e. The van der Waals surface area contributed by atoms with Crippen LogP contribution in [0.3, 0.4) is 0 Å². The van der Waals surface area contributed by atoms with Gasteiger partial charge >= 0.3 is 0 Å². The van der Waals surface area contributed by atoms with E-state index in [2.05, 4.69) is 0 Å². The first-order chi connectivity index (χ1) is 9.61. The Balaban J connectivity index is 1.93. The summed E-state index contributed by atoms with van der Waals surface area (Å²) in [5, 5.41) is 0. The van der Waals surface area contributed by atoms with Crippen LogP contribution in [-0.4, -0.2) is 61.5 Å². The molecule has 1 fully saturated rings. The molecular formula is C14H19N3O3. The fourth-order valence-electron chi connectivity index (χ4n) is 2.23. The van der Waals surface area contributed by atoms with Gasteiger partial charge in [0, 0.05) is 44.5 Å². The number of amides is 2. The molecule has 1 aromatic carbocycles. The highest BCUT2D eigenvalue weighted by molar-refractivity contribution is 5.95. The van der Waals surface area contributed by atoms with Gasteiger partial charge in [-0.3, -0.25) is 9.59 Å². The Bertz CT molecular complexity index is 496. The van der Waals surface area contributed by atoms with Crippen molar-refractivity contribution in [2.75, 3.05) is 45.6 Å².